The summed E-state index contributed by atoms with van der Waals surface area (Å²) >= 11 is 1.92. The predicted molar refractivity (Wildman–Crippen MR) is 93.1 cm³/mol. The number of fused-ring (bicyclic) bond motifs is 1. The molecule has 0 aliphatic heterocycles. The van der Waals surface area contributed by atoms with Gasteiger partial charge in [0.25, 0.3) is 5.56 Å². The van der Waals surface area contributed by atoms with Crippen molar-refractivity contribution in [2.24, 2.45) is 0 Å². The number of thioether (sulfide) groups is 1. The van der Waals surface area contributed by atoms with E-state index in [4.69, 9.17) is 0 Å². The molecule has 0 radical (unpaired) electrons. The van der Waals surface area contributed by atoms with Gasteiger partial charge in [0.2, 0.25) is 0 Å². The fourth-order valence-electron chi connectivity index (χ4n) is 2.40. The lowest BCUT2D eigenvalue weighted by Crippen LogP contribution is -2.21. The summed E-state index contributed by atoms with van der Waals surface area (Å²) in [4.78, 5) is 14.9. The van der Waals surface area contributed by atoms with Gasteiger partial charge in [0.05, 0.1) is 0 Å². The van der Waals surface area contributed by atoms with E-state index in [0.29, 0.717) is 6.54 Å². The van der Waals surface area contributed by atoms with E-state index in [-0.39, 0.29) is 5.56 Å². The fraction of sp³-hybridized carbons (Fsp3) is 0.471. The zero-order chi connectivity index (χ0) is 14.9. The Morgan fingerprint density at radius 2 is 1.95 bits per heavy atom. The minimum Gasteiger partial charge on any atom is -0.322 e. The van der Waals surface area contributed by atoms with Crippen molar-refractivity contribution < 1.29 is 0 Å². The number of rotatable bonds is 9. The predicted octanol–water partition coefficient (Wildman–Crippen LogP) is 3.54. The second-order valence-electron chi connectivity index (χ2n) is 5.29. The van der Waals surface area contributed by atoms with Crippen LogP contribution in [0.3, 0.4) is 0 Å². The third kappa shape index (κ3) is 5.21. The maximum atomic E-state index is 12.0. The highest BCUT2D eigenvalue weighted by molar-refractivity contribution is 7.98. The molecule has 0 aliphatic rings. The topological polar surface area (TPSA) is 44.9 Å². The second kappa shape index (κ2) is 8.90. The Bertz CT molecular complexity index is 609. The number of hydrogen-bond donors (Lipinski definition) is 2. The van der Waals surface area contributed by atoms with Gasteiger partial charge in [-0.15, -0.1) is 0 Å². The molecule has 2 rings (SSSR count). The quantitative estimate of drug-likeness (QED) is 0.697. The lowest BCUT2D eigenvalue weighted by Gasteiger charge is -2.06. The van der Waals surface area contributed by atoms with E-state index in [1.807, 2.05) is 42.1 Å². The molecule has 0 fully saturated rings. The lowest BCUT2D eigenvalue weighted by atomic mass is 10.1. The number of aromatic amines is 1. The van der Waals surface area contributed by atoms with Gasteiger partial charge in [-0.05, 0) is 48.9 Å². The molecular formula is C17H24N2OS. The monoisotopic (exact) mass is 304 g/mol. The number of H-pyrrole nitrogens is 1. The first-order valence-corrected chi connectivity index (χ1v) is 9.01. The van der Waals surface area contributed by atoms with Gasteiger partial charge in [-0.1, -0.05) is 31.0 Å². The Morgan fingerprint density at radius 3 is 2.81 bits per heavy atom. The molecule has 3 nitrogen and oxygen atoms in total. The van der Waals surface area contributed by atoms with Gasteiger partial charge in [0.15, 0.2) is 0 Å². The molecule has 0 aliphatic carbocycles. The van der Waals surface area contributed by atoms with E-state index in [0.717, 1.165) is 23.0 Å². The molecule has 4 heteroatoms. The summed E-state index contributed by atoms with van der Waals surface area (Å²) in [6.45, 7) is 1.62. The first-order valence-electron chi connectivity index (χ1n) is 7.62. The van der Waals surface area contributed by atoms with Crippen molar-refractivity contribution in [3.8, 4) is 0 Å². The highest BCUT2D eigenvalue weighted by Crippen LogP contribution is 2.10. The summed E-state index contributed by atoms with van der Waals surface area (Å²) in [5.74, 6) is 1.26. The van der Waals surface area contributed by atoms with Gasteiger partial charge < -0.3 is 10.3 Å². The number of hydrogen-bond acceptors (Lipinski definition) is 3. The SMILES string of the molecule is CSCCCCCCNCc1cc2ccccc2[nH]c1=O. The van der Waals surface area contributed by atoms with E-state index in [1.54, 1.807) is 0 Å². The first-order chi connectivity index (χ1) is 10.3. The van der Waals surface area contributed by atoms with Crippen molar-refractivity contribution in [1.29, 1.82) is 0 Å². The fourth-order valence-corrected chi connectivity index (χ4v) is 2.89. The smallest absolute Gasteiger partial charge is 0.252 e. The average Bonchev–Trinajstić information content (AvgIpc) is 2.50. The van der Waals surface area contributed by atoms with Crippen molar-refractivity contribution in [3.63, 3.8) is 0 Å². The minimum absolute atomic E-state index is 0.0150. The molecule has 1 aromatic heterocycles. The number of aromatic nitrogens is 1. The third-order valence-electron chi connectivity index (χ3n) is 3.60. The summed E-state index contributed by atoms with van der Waals surface area (Å²) in [7, 11) is 0. The summed E-state index contributed by atoms with van der Waals surface area (Å²) in [5, 5.41) is 4.46. The van der Waals surface area contributed by atoms with Crippen molar-refractivity contribution in [1.82, 2.24) is 10.3 Å². The van der Waals surface area contributed by atoms with Crippen LogP contribution < -0.4 is 10.9 Å². The normalized spacial score (nSPS) is 11.1. The van der Waals surface area contributed by atoms with Gasteiger partial charge >= 0.3 is 0 Å². The molecule has 0 bridgehead atoms. The molecule has 0 amide bonds. The lowest BCUT2D eigenvalue weighted by molar-refractivity contribution is 0.598. The maximum absolute atomic E-state index is 12.0. The molecule has 2 aromatic rings. The van der Waals surface area contributed by atoms with Crippen LogP contribution in [0.2, 0.25) is 0 Å². The molecule has 0 saturated carbocycles. The van der Waals surface area contributed by atoms with E-state index >= 15 is 0 Å². The molecule has 21 heavy (non-hydrogen) atoms. The molecule has 1 aromatic carbocycles. The minimum atomic E-state index is 0.0150. The van der Waals surface area contributed by atoms with Crippen LogP contribution in [-0.4, -0.2) is 23.5 Å². The molecule has 0 unspecified atom stereocenters. The highest BCUT2D eigenvalue weighted by atomic mass is 32.2. The van der Waals surface area contributed by atoms with E-state index < -0.39 is 0 Å². The molecule has 0 saturated heterocycles. The number of benzene rings is 1. The van der Waals surface area contributed by atoms with Crippen molar-refractivity contribution in [2.75, 3.05) is 18.6 Å². The van der Waals surface area contributed by atoms with Crippen molar-refractivity contribution in [3.05, 3.63) is 46.2 Å². The molecule has 0 atom stereocenters. The molecule has 114 valence electrons. The largest absolute Gasteiger partial charge is 0.322 e. The molecule has 0 spiro atoms. The van der Waals surface area contributed by atoms with Gasteiger partial charge in [-0.25, -0.2) is 0 Å². The summed E-state index contributed by atoms with van der Waals surface area (Å²) in [6.07, 6.45) is 7.22. The van der Waals surface area contributed by atoms with Crippen LogP contribution in [-0.2, 0) is 6.54 Å². The second-order valence-corrected chi connectivity index (χ2v) is 6.28. The number of unbranched alkanes of at least 4 members (excludes halogenated alkanes) is 3. The number of pyridine rings is 1. The van der Waals surface area contributed by atoms with Gasteiger partial charge in [-0.3, -0.25) is 4.79 Å². The zero-order valence-electron chi connectivity index (χ0n) is 12.7. The van der Waals surface area contributed by atoms with Crippen LogP contribution in [0.1, 0.15) is 31.2 Å². The van der Waals surface area contributed by atoms with Crippen molar-refractivity contribution >= 4 is 22.7 Å². The van der Waals surface area contributed by atoms with Crippen LogP contribution in [0.25, 0.3) is 10.9 Å². The Balaban J connectivity index is 1.76. The Labute approximate surface area is 130 Å². The number of para-hydroxylation sites is 1. The highest BCUT2D eigenvalue weighted by Gasteiger charge is 2.02. The molecular weight excluding hydrogens is 280 g/mol. The standard InChI is InChI=1S/C17H24N2OS/c1-21-11-7-3-2-6-10-18-13-15-12-14-8-4-5-9-16(14)19-17(15)20/h4-5,8-9,12,18H,2-3,6-7,10-11,13H2,1H3,(H,19,20). The van der Waals surface area contributed by atoms with Crippen LogP contribution in [0.5, 0.6) is 0 Å². The van der Waals surface area contributed by atoms with Crippen molar-refractivity contribution in [2.45, 2.75) is 32.2 Å². The first kappa shape index (κ1) is 16.1. The van der Waals surface area contributed by atoms with Crippen LogP contribution in [0.15, 0.2) is 35.1 Å². The van der Waals surface area contributed by atoms with E-state index in [1.165, 1.54) is 31.4 Å². The maximum Gasteiger partial charge on any atom is 0.252 e. The average molecular weight is 304 g/mol. The van der Waals surface area contributed by atoms with Crippen LogP contribution in [0, 0.1) is 0 Å². The van der Waals surface area contributed by atoms with E-state index in [2.05, 4.69) is 16.6 Å². The Kier molecular flexibility index (Phi) is 6.83. The Hall–Kier alpha value is -1.26. The summed E-state index contributed by atoms with van der Waals surface area (Å²) < 4.78 is 0. The molecule has 2 N–H and O–H groups in total. The van der Waals surface area contributed by atoms with Gasteiger partial charge in [0, 0.05) is 17.6 Å². The number of nitrogens with one attached hydrogen (secondary N) is 2. The van der Waals surface area contributed by atoms with Gasteiger partial charge in [0.1, 0.15) is 0 Å². The molecule has 1 heterocycles. The summed E-state index contributed by atoms with van der Waals surface area (Å²) in [6, 6.07) is 9.88. The van der Waals surface area contributed by atoms with Crippen LogP contribution >= 0.6 is 11.8 Å². The van der Waals surface area contributed by atoms with Crippen LogP contribution in [0.4, 0.5) is 0 Å². The third-order valence-corrected chi connectivity index (χ3v) is 4.29. The van der Waals surface area contributed by atoms with Gasteiger partial charge in [-0.2, -0.15) is 11.8 Å². The summed E-state index contributed by atoms with van der Waals surface area (Å²) in [5.41, 5.74) is 1.73. The zero-order valence-corrected chi connectivity index (χ0v) is 13.5. The Morgan fingerprint density at radius 1 is 1.14 bits per heavy atom. The van der Waals surface area contributed by atoms with E-state index in [9.17, 15) is 4.79 Å².